The highest BCUT2D eigenvalue weighted by Gasteiger charge is 2.51. The highest BCUT2D eigenvalue weighted by molar-refractivity contribution is 7.47. The van der Waals surface area contributed by atoms with Crippen molar-refractivity contribution in [2.75, 3.05) is 19.8 Å². The normalized spacial score (nSPS) is 21.3. The number of unbranched alkanes of at least 4 members (excludes halogenated alkanes) is 28. The lowest BCUT2D eigenvalue weighted by molar-refractivity contribution is -0.220. The zero-order valence-corrected chi connectivity index (χ0v) is 44.5. The minimum Gasteiger partial charge on any atom is -0.457 e. The van der Waals surface area contributed by atoms with Crippen molar-refractivity contribution in [3.05, 3.63) is 48.6 Å². The Labute approximate surface area is 420 Å². The lowest BCUT2D eigenvalue weighted by atomic mass is 9.85. The summed E-state index contributed by atoms with van der Waals surface area (Å²) in [6.45, 7) is 4.19. The maximum absolute atomic E-state index is 12.9. The smallest absolute Gasteiger partial charge is 0.457 e. The number of rotatable bonds is 48. The molecule has 0 spiro atoms. The molecule has 12 nitrogen and oxygen atoms in total. The highest BCUT2D eigenvalue weighted by atomic mass is 31.2. The van der Waals surface area contributed by atoms with Crippen LogP contribution in [-0.4, -0.2) is 98.9 Å². The van der Waals surface area contributed by atoms with Crippen LogP contribution in [0.15, 0.2) is 48.6 Å². The number of hydrogen-bond donors (Lipinski definition) is 6. The minimum absolute atomic E-state index is 0.0759. The van der Waals surface area contributed by atoms with Gasteiger partial charge in [-0.15, -0.1) is 0 Å². The number of aliphatic hydroxyl groups excluding tert-OH is 5. The van der Waals surface area contributed by atoms with Crippen molar-refractivity contribution < 1.29 is 58.3 Å². The molecule has 1 aliphatic carbocycles. The van der Waals surface area contributed by atoms with Crippen LogP contribution in [0.3, 0.4) is 0 Å². The maximum atomic E-state index is 12.9. The Morgan fingerprint density at radius 1 is 0.478 bits per heavy atom. The lowest BCUT2D eigenvalue weighted by Gasteiger charge is -2.41. The van der Waals surface area contributed by atoms with Crippen LogP contribution in [-0.2, 0) is 27.9 Å². The first kappa shape index (κ1) is 65.3. The third-order valence-corrected chi connectivity index (χ3v) is 14.0. The second-order valence-electron chi connectivity index (χ2n) is 19.4. The van der Waals surface area contributed by atoms with E-state index in [1.54, 1.807) is 0 Å². The average molecular weight is 999 g/mol. The Kier molecular flexibility index (Phi) is 43.6. The van der Waals surface area contributed by atoms with Crippen molar-refractivity contribution in [1.29, 1.82) is 0 Å². The fourth-order valence-electron chi connectivity index (χ4n) is 8.58. The summed E-state index contributed by atoms with van der Waals surface area (Å²) in [7, 11) is -5.03. The van der Waals surface area contributed by atoms with Crippen LogP contribution in [0, 0.1) is 0 Å². The third kappa shape index (κ3) is 37.7. The van der Waals surface area contributed by atoms with Gasteiger partial charge in [-0.1, -0.05) is 229 Å². The molecule has 0 aliphatic heterocycles. The second kappa shape index (κ2) is 46.1. The Morgan fingerprint density at radius 3 is 1.30 bits per heavy atom. The van der Waals surface area contributed by atoms with E-state index in [1.807, 2.05) is 0 Å². The van der Waals surface area contributed by atoms with Crippen molar-refractivity contribution in [2.24, 2.45) is 0 Å². The molecule has 1 saturated carbocycles. The number of esters is 1. The van der Waals surface area contributed by atoms with Gasteiger partial charge in [0.15, 0.2) is 0 Å². The van der Waals surface area contributed by atoms with Gasteiger partial charge in [0.25, 0.3) is 0 Å². The zero-order valence-electron chi connectivity index (χ0n) is 43.6. The van der Waals surface area contributed by atoms with Crippen LogP contribution in [0.5, 0.6) is 0 Å². The van der Waals surface area contributed by atoms with E-state index >= 15 is 0 Å². The summed E-state index contributed by atoms with van der Waals surface area (Å²) in [5.74, 6) is -0.479. The van der Waals surface area contributed by atoms with Gasteiger partial charge in [0.1, 0.15) is 42.7 Å². The Morgan fingerprint density at radius 2 is 0.855 bits per heavy atom. The zero-order chi connectivity index (χ0) is 50.5. The molecule has 69 heavy (non-hydrogen) atoms. The van der Waals surface area contributed by atoms with Crippen LogP contribution >= 0.6 is 7.82 Å². The number of phosphoric acid groups is 1. The lowest BCUT2D eigenvalue weighted by Crippen LogP contribution is -2.64. The molecule has 0 amide bonds. The topological polar surface area (TPSA) is 192 Å². The van der Waals surface area contributed by atoms with E-state index in [9.17, 15) is 39.8 Å². The van der Waals surface area contributed by atoms with Crippen LogP contribution in [0.4, 0.5) is 0 Å². The summed E-state index contributed by atoms with van der Waals surface area (Å²) in [6.07, 6.45) is 46.0. The van der Waals surface area contributed by atoms with E-state index in [0.717, 1.165) is 70.6 Å². The van der Waals surface area contributed by atoms with Gasteiger partial charge in [-0.3, -0.25) is 13.8 Å². The SMILES string of the molecule is CC/C=C\C/C=C\C/C=C\C/C=C\CCCCCCCCCCCCC(=O)OC(COCCCCCCCCCCCCCCCCCCCCC)COP(=O)(O)OC1C(O)C(O)C(O)C(O)C1O. The summed E-state index contributed by atoms with van der Waals surface area (Å²) in [5.41, 5.74) is 0. The number of carbonyl (C=O) groups is 1. The summed E-state index contributed by atoms with van der Waals surface area (Å²) >= 11 is 0. The van der Waals surface area contributed by atoms with Gasteiger partial charge in [0, 0.05) is 13.0 Å². The van der Waals surface area contributed by atoms with E-state index in [4.69, 9.17) is 18.5 Å². The fourth-order valence-corrected chi connectivity index (χ4v) is 9.56. The largest absolute Gasteiger partial charge is 0.472 e. The molecule has 404 valence electrons. The van der Waals surface area contributed by atoms with Crippen molar-refractivity contribution in [3.8, 4) is 0 Å². The predicted octanol–water partition coefficient (Wildman–Crippen LogP) is 13.2. The number of carbonyl (C=O) groups excluding carboxylic acids is 1. The average Bonchev–Trinajstić information content (AvgIpc) is 3.34. The standard InChI is InChI=1S/C56H103O12P/c1-3-5-7-9-11-13-15-17-19-21-23-24-25-26-27-29-31-33-35-37-39-41-43-45-50(57)67-49(48-66-69(63,64)68-56-54(61)52(59)51(58)53(60)55(56)62)47-65-46-44-42-40-38-36-34-32-30-28-22-20-18-16-14-12-10-8-6-4-2/h5,7,11,13,17,19,23-24,49,51-56,58-62H,3-4,6,8-10,12,14-16,18,20-22,25-48H2,1-2H3,(H,63,64)/b7-5-,13-11-,19-17-,24-23-. The van der Waals surface area contributed by atoms with Crippen molar-refractivity contribution in [1.82, 2.24) is 0 Å². The van der Waals surface area contributed by atoms with Gasteiger partial charge in [-0.2, -0.15) is 0 Å². The summed E-state index contributed by atoms with van der Waals surface area (Å²) in [4.78, 5) is 23.3. The molecule has 0 aromatic carbocycles. The van der Waals surface area contributed by atoms with E-state index in [2.05, 4.69) is 62.5 Å². The van der Waals surface area contributed by atoms with E-state index in [0.29, 0.717) is 13.0 Å². The quantitative estimate of drug-likeness (QED) is 0.0146. The Hall–Kier alpha value is -1.70. The first-order valence-electron chi connectivity index (χ1n) is 28.0. The molecule has 0 saturated heterocycles. The number of aliphatic hydroxyl groups is 5. The van der Waals surface area contributed by atoms with Crippen LogP contribution in [0.25, 0.3) is 0 Å². The molecule has 1 fully saturated rings. The molecule has 1 rings (SSSR count). The van der Waals surface area contributed by atoms with Gasteiger partial charge in [0.2, 0.25) is 0 Å². The number of allylic oxidation sites excluding steroid dienone is 8. The van der Waals surface area contributed by atoms with E-state index in [1.165, 1.54) is 141 Å². The summed E-state index contributed by atoms with van der Waals surface area (Å²) in [5, 5.41) is 50.4. The molecule has 0 radical (unpaired) electrons. The molecule has 13 heteroatoms. The molecule has 0 aromatic heterocycles. The molecule has 0 heterocycles. The van der Waals surface area contributed by atoms with Crippen molar-refractivity contribution in [3.63, 3.8) is 0 Å². The van der Waals surface area contributed by atoms with Crippen LogP contribution in [0.2, 0.25) is 0 Å². The molecule has 6 N–H and O–H groups in total. The number of hydrogen-bond acceptors (Lipinski definition) is 11. The number of phosphoric ester groups is 1. The van der Waals surface area contributed by atoms with E-state index in [-0.39, 0.29) is 13.0 Å². The van der Waals surface area contributed by atoms with Crippen LogP contribution in [0.1, 0.15) is 239 Å². The van der Waals surface area contributed by atoms with E-state index < -0.39 is 63.1 Å². The van der Waals surface area contributed by atoms with Gasteiger partial charge < -0.3 is 39.9 Å². The van der Waals surface area contributed by atoms with Gasteiger partial charge in [-0.25, -0.2) is 4.57 Å². The van der Waals surface area contributed by atoms with Crippen molar-refractivity contribution >= 4 is 13.8 Å². The van der Waals surface area contributed by atoms with Gasteiger partial charge >= 0.3 is 13.8 Å². The third-order valence-electron chi connectivity index (χ3n) is 13.0. The van der Waals surface area contributed by atoms with Crippen LogP contribution < -0.4 is 0 Å². The minimum atomic E-state index is -5.03. The first-order chi connectivity index (χ1) is 33.5. The second-order valence-corrected chi connectivity index (χ2v) is 20.8. The van der Waals surface area contributed by atoms with Crippen molar-refractivity contribution in [2.45, 2.75) is 281 Å². The molecule has 6 unspecified atom stereocenters. The fraction of sp³-hybridized carbons (Fsp3) is 0.839. The highest BCUT2D eigenvalue weighted by Crippen LogP contribution is 2.47. The molecule has 6 atom stereocenters. The molecular formula is C56H103O12P. The maximum Gasteiger partial charge on any atom is 0.472 e. The molecule has 0 bridgehead atoms. The molecule has 0 aromatic rings. The van der Waals surface area contributed by atoms with Gasteiger partial charge in [-0.05, 0) is 51.4 Å². The summed E-state index contributed by atoms with van der Waals surface area (Å²) in [6, 6.07) is 0. The Bertz CT molecular complexity index is 1320. The Balaban J connectivity index is 2.29. The first-order valence-corrected chi connectivity index (χ1v) is 29.5. The predicted molar refractivity (Wildman–Crippen MR) is 281 cm³/mol. The monoisotopic (exact) mass is 999 g/mol. The number of ether oxygens (including phenoxy) is 2. The molecule has 1 aliphatic rings. The molecular weight excluding hydrogens is 896 g/mol. The summed E-state index contributed by atoms with van der Waals surface area (Å²) < 4.78 is 34.4. The van der Waals surface area contributed by atoms with Gasteiger partial charge in [0.05, 0.1) is 13.2 Å².